The number of hydrogen-bond donors (Lipinski definition) is 1. The van der Waals surface area contributed by atoms with Gasteiger partial charge in [-0.25, -0.2) is 0 Å². The summed E-state index contributed by atoms with van der Waals surface area (Å²) in [6.07, 6.45) is 1.15. The van der Waals surface area contributed by atoms with Crippen LogP contribution in [0.2, 0.25) is 0 Å². The molecule has 1 N–H and O–H groups in total. The molecule has 2 rings (SSSR count). The second kappa shape index (κ2) is 6.88. The van der Waals surface area contributed by atoms with Crippen molar-refractivity contribution in [3.8, 4) is 0 Å². The first-order valence-electron chi connectivity index (χ1n) is 7.09. The molecule has 0 aliphatic carbocycles. The quantitative estimate of drug-likeness (QED) is 0.747. The van der Waals surface area contributed by atoms with Crippen LogP contribution in [0.25, 0.3) is 0 Å². The van der Waals surface area contributed by atoms with Crippen molar-refractivity contribution in [2.24, 2.45) is 0 Å². The van der Waals surface area contributed by atoms with Gasteiger partial charge in [0.15, 0.2) is 0 Å². The van der Waals surface area contributed by atoms with Gasteiger partial charge in [-0.1, -0.05) is 35.0 Å². The molecule has 108 valence electrons. The summed E-state index contributed by atoms with van der Waals surface area (Å²) in [5.74, 6) is 0. The lowest BCUT2D eigenvalue weighted by Crippen LogP contribution is -2.23. The summed E-state index contributed by atoms with van der Waals surface area (Å²) in [6.45, 7) is 9.80. The SMILES string of the molecule is CCCNC(c1ccc(Br)c(C)c1)c1sc(C)cc1C. The zero-order valence-corrected chi connectivity index (χ0v) is 15.0. The molecule has 20 heavy (non-hydrogen) atoms. The van der Waals surface area contributed by atoms with Crippen molar-refractivity contribution in [1.82, 2.24) is 5.32 Å². The van der Waals surface area contributed by atoms with E-state index in [4.69, 9.17) is 0 Å². The van der Waals surface area contributed by atoms with Crippen LogP contribution in [0, 0.1) is 20.8 Å². The van der Waals surface area contributed by atoms with Gasteiger partial charge in [0.1, 0.15) is 0 Å². The third-order valence-electron chi connectivity index (χ3n) is 3.46. The Bertz CT molecular complexity index is 589. The van der Waals surface area contributed by atoms with Gasteiger partial charge in [0.2, 0.25) is 0 Å². The molecule has 0 bridgehead atoms. The van der Waals surface area contributed by atoms with Crippen LogP contribution in [0.1, 0.15) is 45.8 Å². The second-order valence-corrected chi connectivity index (χ2v) is 7.44. The highest BCUT2D eigenvalue weighted by Gasteiger charge is 2.18. The molecule has 0 radical (unpaired) electrons. The monoisotopic (exact) mass is 351 g/mol. The standard InChI is InChI=1S/C17H22BrNS/c1-5-8-19-16(17-12(3)9-13(4)20-17)14-6-7-15(18)11(2)10-14/h6-7,9-10,16,19H,5,8H2,1-4H3. The van der Waals surface area contributed by atoms with Crippen LogP contribution >= 0.6 is 27.3 Å². The predicted molar refractivity (Wildman–Crippen MR) is 92.8 cm³/mol. The fourth-order valence-electron chi connectivity index (χ4n) is 2.44. The highest BCUT2D eigenvalue weighted by molar-refractivity contribution is 9.10. The minimum Gasteiger partial charge on any atom is -0.306 e. The molecule has 1 aromatic heterocycles. The van der Waals surface area contributed by atoms with Crippen LogP contribution < -0.4 is 5.32 Å². The molecule has 0 saturated carbocycles. The Labute approximate surface area is 134 Å². The van der Waals surface area contributed by atoms with Gasteiger partial charge in [-0.3, -0.25) is 0 Å². The minimum absolute atomic E-state index is 0.306. The van der Waals surface area contributed by atoms with E-state index in [0.29, 0.717) is 6.04 Å². The molecule has 2 aromatic rings. The molecule has 0 aliphatic heterocycles. The van der Waals surface area contributed by atoms with Crippen molar-refractivity contribution in [1.29, 1.82) is 0 Å². The maximum atomic E-state index is 3.70. The highest BCUT2D eigenvalue weighted by atomic mass is 79.9. The molecule has 1 aromatic carbocycles. The van der Waals surface area contributed by atoms with E-state index < -0.39 is 0 Å². The van der Waals surface area contributed by atoms with Crippen molar-refractivity contribution in [3.05, 3.63) is 55.2 Å². The van der Waals surface area contributed by atoms with E-state index in [2.05, 4.69) is 73.2 Å². The van der Waals surface area contributed by atoms with Crippen LogP contribution in [0.5, 0.6) is 0 Å². The van der Waals surface area contributed by atoms with E-state index in [0.717, 1.165) is 13.0 Å². The Kier molecular flexibility index (Phi) is 5.42. The number of hydrogen-bond acceptors (Lipinski definition) is 2. The van der Waals surface area contributed by atoms with Crippen LogP contribution in [0.15, 0.2) is 28.7 Å². The summed E-state index contributed by atoms with van der Waals surface area (Å²) < 4.78 is 1.18. The summed E-state index contributed by atoms with van der Waals surface area (Å²) in [5, 5.41) is 3.70. The van der Waals surface area contributed by atoms with E-state index >= 15 is 0 Å². The number of nitrogens with one attached hydrogen (secondary N) is 1. The Morgan fingerprint density at radius 1 is 1.15 bits per heavy atom. The van der Waals surface area contributed by atoms with Gasteiger partial charge in [0.25, 0.3) is 0 Å². The third kappa shape index (κ3) is 3.51. The second-order valence-electron chi connectivity index (χ2n) is 5.30. The summed E-state index contributed by atoms with van der Waals surface area (Å²) in [5.41, 5.74) is 4.03. The minimum atomic E-state index is 0.306. The molecule has 0 fully saturated rings. The lowest BCUT2D eigenvalue weighted by molar-refractivity contribution is 0.603. The lowest BCUT2D eigenvalue weighted by Gasteiger charge is -2.20. The fraction of sp³-hybridized carbons (Fsp3) is 0.412. The van der Waals surface area contributed by atoms with Crippen molar-refractivity contribution in [2.45, 2.75) is 40.2 Å². The van der Waals surface area contributed by atoms with Gasteiger partial charge >= 0.3 is 0 Å². The number of aryl methyl sites for hydroxylation is 3. The van der Waals surface area contributed by atoms with Gasteiger partial charge in [-0.2, -0.15) is 0 Å². The van der Waals surface area contributed by atoms with Crippen molar-refractivity contribution >= 4 is 27.3 Å². The number of thiophene rings is 1. The zero-order valence-electron chi connectivity index (χ0n) is 12.6. The average molecular weight is 352 g/mol. The molecule has 0 amide bonds. The summed E-state index contributed by atoms with van der Waals surface area (Å²) in [4.78, 5) is 2.83. The molecule has 0 saturated heterocycles. The molecule has 1 atom stereocenters. The molecule has 0 aliphatic rings. The average Bonchev–Trinajstić information content (AvgIpc) is 2.73. The normalized spacial score (nSPS) is 12.7. The van der Waals surface area contributed by atoms with Gasteiger partial charge in [0, 0.05) is 14.2 Å². The number of benzene rings is 1. The highest BCUT2D eigenvalue weighted by Crippen LogP contribution is 2.33. The summed E-state index contributed by atoms with van der Waals surface area (Å²) in [6, 6.07) is 9.25. The number of halogens is 1. The summed E-state index contributed by atoms with van der Waals surface area (Å²) in [7, 11) is 0. The van der Waals surface area contributed by atoms with E-state index in [1.165, 1.54) is 30.9 Å². The Balaban J connectivity index is 2.41. The molecule has 1 unspecified atom stereocenters. The Hall–Kier alpha value is -0.640. The van der Waals surface area contributed by atoms with Crippen LogP contribution in [0.4, 0.5) is 0 Å². The zero-order chi connectivity index (χ0) is 14.7. The molecular formula is C17H22BrNS. The van der Waals surface area contributed by atoms with E-state index in [-0.39, 0.29) is 0 Å². The lowest BCUT2D eigenvalue weighted by atomic mass is 10.0. The van der Waals surface area contributed by atoms with Crippen LogP contribution in [0.3, 0.4) is 0 Å². The van der Waals surface area contributed by atoms with Crippen LogP contribution in [-0.2, 0) is 0 Å². The predicted octanol–water partition coefficient (Wildman–Crippen LogP) is 5.52. The summed E-state index contributed by atoms with van der Waals surface area (Å²) >= 11 is 5.49. The van der Waals surface area contributed by atoms with Crippen LogP contribution in [-0.4, -0.2) is 6.54 Å². The molecule has 1 nitrogen and oxygen atoms in total. The third-order valence-corrected chi connectivity index (χ3v) is 5.56. The number of rotatable bonds is 5. The molecule has 0 spiro atoms. The Morgan fingerprint density at radius 3 is 2.45 bits per heavy atom. The van der Waals surface area contributed by atoms with Gasteiger partial charge in [-0.05, 0) is 62.6 Å². The van der Waals surface area contributed by atoms with Gasteiger partial charge in [-0.15, -0.1) is 11.3 Å². The first-order chi connectivity index (χ1) is 9.52. The van der Waals surface area contributed by atoms with Gasteiger partial charge in [0.05, 0.1) is 6.04 Å². The van der Waals surface area contributed by atoms with Crippen molar-refractivity contribution < 1.29 is 0 Å². The smallest absolute Gasteiger partial charge is 0.0673 e. The molecule has 1 heterocycles. The van der Waals surface area contributed by atoms with Crippen molar-refractivity contribution in [3.63, 3.8) is 0 Å². The Morgan fingerprint density at radius 2 is 1.90 bits per heavy atom. The van der Waals surface area contributed by atoms with Crippen molar-refractivity contribution in [2.75, 3.05) is 6.54 Å². The molecular weight excluding hydrogens is 330 g/mol. The maximum absolute atomic E-state index is 3.70. The largest absolute Gasteiger partial charge is 0.306 e. The van der Waals surface area contributed by atoms with E-state index in [1.54, 1.807) is 0 Å². The molecule has 3 heteroatoms. The first kappa shape index (κ1) is 15.7. The van der Waals surface area contributed by atoms with Gasteiger partial charge < -0.3 is 5.32 Å². The first-order valence-corrected chi connectivity index (χ1v) is 8.70. The fourth-order valence-corrected chi connectivity index (χ4v) is 3.83. The van der Waals surface area contributed by atoms with E-state index in [1.807, 2.05) is 11.3 Å². The maximum Gasteiger partial charge on any atom is 0.0673 e. The van der Waals surface area contributed by atoms with E-state index in [9.17, 15) is 0 Å². The topological polar surface area (TPSA) is 12.0 Å².